The van der Waals surface area contributed by atoms with Gasteiger partial charge < -0.3 is 15.2 Å². The third-order valence-corrected chi connectivity index (χ3v) is 3.53. The molecule has 1 aromatic carbocycles. The Morgan fingerprint density at radius 3 is 2.73 bits per heavy atom. The number of hydrogen-bond acceptors (Lipinski definition) is 6. The molecule has 6 heteroatoms. The zero-order valence-electron chi connectivity index (χ0n) is 12.8. The lowest BCUT2D eigenvalue weighted by molar-refractivity contribution is 0.186. The maximum Gasteiger partial charge on any atom is 0.167 e. The molecule has 114 valence electrons. The van der Waals surface area contributed by atoms with Crippen LogP contribution in [-0.4, -0.2) is 29.0 Å². The molecule has 1 aromatic heterocycles. The van der Waals surface area contributed by atoms with Crippen molar-refractivity contribution in [3.05, 3.63) is 46.6 Å². The first-order chi connectivity index (χ1) is 10.6. The lowest BCUT2D eigenvalue weighted by atomic mass is 10.1. The van der Waals surface area contributed by atoms with Crippen LogP contribution < -0.4 is 10.1 Å². The molecule has 2 aromatic rings. The van der Waals surface area contributed by atoms with Gasteiger partial charge in [0.1, 0.15) is 17.4 Å². The number of hydrogen-bond donors (Lipinski definition) is 2. The molecule has 1 heterocycles. The number of aryl methyl sites for hydroxylation is 1. The number of aromatic nitrogens is 2. The number of para-hydroxylation sites is 1. The first-order valence-corrected chi connectivity index (χ1v) is 6.87. The molecule has 0 saturated carbocycles. The molecule has 0 aliphatic carbocycles. The van der Waals surface area contributed by atoms with E-state index in [9.17, 15) is 10.4 Å². The number of methoxy groups -OCH3 is 1. The largest absolute Gasteiger partial charge is 0.496 e. The monoisotopic (exact) mass is 298 g/mol. The molecule has 6 nitrogen and oxygen atoms in total. The average Bonchev–Trinajstić information content (AvgIpc) is 2.55. The molecule has 2 rings (SSSR count). The van der Waals surface area contributed by atoms with Crippen LogP contribution in [0, 0.1) is 25.2 Å². The van der Waals surface area contributed by atoms with Crippen molar-refractivity contribution in [2.45, 2.75) is 20.0 Å². The fourth-order valence-corrected chi connectivity index (χ4v) is 2.11. The predicted molar refractivity (Wildman–Crippen MR) is 82.7 cm³/mol. The molecule has 0 fully saturated rings. The fourth-order valence-electron chi connectivity index (χ4n) is 2.11. The van der Waals surface area contributed by atoms with Crippen molar-refractivity contribution in [3.63, 3.8) is 0 Å². The Hall–Kier alpha value is -2.65. The number of ether oxygens (including phenoxy) is 1. The lowest BCUT2D eigenvalue weighted by Gasteiger charge is -2.16. The molecular weight excluding hydrogens is 280 g/mol. The number of benzene rings is 1. The maximum atomic E-state index is 10.3. The van der Waals surface area contributed by atoms with E-state index in [2.05, 4.69) is 21.6 Å². The van der Waals surface area contributed by atoms with Gasteiger partial charge in [-0.2, -0.15) is 10.4 Å². The average molecular weight is 298 g/mol. The van der Waals surface area contributed by atoms with E-state index in [1.165, 1.54) is 0 Å². The Morgan fingerprint density at radius 1 is 1.32 bits per heavy atom. The van der Waals surface area contributed by atoms with Crippen molar-refractivity contribution in [1.82, 2.24) is 10.2 Å². The highest BCUT2D eigenvalue weighted by atomic mass is 16.5. The van der Waals surface area contributed by atoms with Crippen molar-refractivity contribution in [2.75, 3.05) is 19.0 Å². The summed E-state index contributed by atoms with van der Waals surface area (Å²) in [6, 6.07) is 9.37. The highest BCUT2D eigenvalue weighted by Crippen LogP contribution is 2.25. The SMILES string of the molecule is COc1ccccc1[C@@H](O)CNc1nnc(C)c(C)c1C#N. The minimum absolute atomic E-state index is 0.201. The second-order valence-electron chi connectivity index (χ2n) is 4.88. The Morgan fingerprint density at radius 2 is 2.05 bits per heavy atom. The second-order valence-corrected chi connectivity index (χ2v) is 4.88. The lowest BCUT2D eigenvalue weighted by Crippen LogP contribution is -2.15. The molecule has 2 N–H and O–H groups in total. The van der Waals surface area contributed by atoms with Gasteiger partial charge in [0.25, 0.3) is 0 Å². The number of rotatable bonds is 5. The third-order valence-electron chi connectivity index (χ3n) is 3.53. The molecule has 0 aliphatic heterocycles. The van der Waals surface area contributed by atoms with Gasteiger partial charge in [-0.05, 0) is 25.5 Å². The van der Waals surface area contributed by atoms with E-state index >= 15 is 0 Å². The summed E-state index contributed by atoms with van der Waals surface area (Å²) in [5.74, 6) is 0.989. The van der Waals surface area contributed by atoms with Crippen LogP contribution in [0.1, 0.15) is 28.5 Å². The minimum atomic E-state index is -0.786. The van der Waals surface area contributed by atoms with E-state index in [1.54, 1.807) is 26.2 Å². The summed E-state index contributed by atoms with van der Waals surface area (Å²) in [7, 11) is 1.56. The molecule has 0 radical (unpaired) electrons. The van der Waals surface area contributed by atoms with Crippen LogP contribution in [0.25, 0.3) is 0 Å². The van der Waals surface area contributed by atoms with E-state index in [0.29, 0.717) is 28.4 Å². The number of aliphatic hydroxyl groups is 1. The molecular formula is C16H18N4O2. The van der Waals surface area contributed by atoms with Gasteiger partial charge in [-0.3, -0.25) is 0 Å². The van der Waals surface area contributed by atoms with Gasteiger partial charge in [0.05, 0.1) is 18.9 Å². The van der Waals surface area contributed by atoms with Crippen molar-refractivity contribution in [2.24, 2.45) is 0 Å². The molecule has 1 atom stereocenters. The zero-order valence-corrected chi connectivity index (χ0v) is 12.8. The second kappa shape index (κ2) is 6.87. The van der Waals surface area contributed by atoms with Crippen LogP contribution in [-0.2, 0) is 0 Å². The van der Waals surface area contributed by atoms with Crippen LogP contribution >= 0.6 is 0 Å². The number of aliphatic hydroxyl groups excluding tert-OH is 1. The summed E-state index contributed by atoms with van der Waals surface area (Å²) < 4.78 is 5.23. The number of nitriles is 1. The molecule has 22 heavy (non-hydrogen) atoms. The normalized spacial score (nSPS) is 11.6. The van der Waals surface area contributed by atoms with Crippen molar-refractivity contribution < 1.29 is 9.84 Å². The molecule has 0 bridgehead atoms. The summed E-state index contributed by atoms with van der Waals surface area (Å²) in [6.07, 6.45) is -0.786. The van der Waals surface area contributed by atoms with Gasteiger partial charge in [-0.15, -0.1) is 5.10 Å². The van der Waals surface area contributed by atoms with Crippen LogP contribution in [0.3, 0.4) is 0 Å². The maximum absolute atomic E-state index is 10.3. The Balaban J connectivity index is 2.17. The number of anilines is 1. The predicted octanol–water partition coefficient (Wildman–Crippen LogP) is 2.12. The first kappa shape index (κ1) is 15.7. The summed E-state index contributed by atoms with van der Waals surface area (Å²) in [6.45, 7) is 3.83. The van der Waals surface area contributed by atoms with Gasteiger partial charge in [-0.25, -0.2) is 0 Å². The zero-order chi connectivity index (χ0) is 16.1. The smallest absolute Gasteiger partial charge is 0.167 e. The Kier molecular flexibility index (Phi) is 4.92. The third kappa shape index (κ3) is 3.15. The van der Waals surface area contributed by atoms with Gasteiger partial charge >= 0.3 is 0 Å². The highest BCUT2D eigenvalue weighted by Gasteiger charge is 2.15. The van der Waals surface area contributed by atoms with Crippen molar-refractivity contribution in [1.29, 1.82) is 5.26 Å². The van der Waals surface area contributed by atoms with E-state index in [0.717, 1.165) is 5.56 Å². The van der Waals surface area contributed by atoms with Gasteiger partial charge in [0, 0.05) is 12.1 Å². The van der Waals surface area contributed by atoms with E-state index in [-0.39, 0.29) is 6.54 Å². The summed E-state index contributed by atoms with van der Waals surface area (Å²) in [5, 5.41) is 30.5. The fraction of sp³-hybridized carbons (Fsp3) is 0.312. The van der Waals surface area contributed by atoms with Gasteiger partial charge in [-0.1, -0.05) is 18.2 Å². The number of nitrogens with one attached hydrogen (secondary N) is 1. The molecule has 0 spiro atoms. The molecule has 0 aliphatic rings. The van der Waals surface area contributed by atoms with Crippen LogP contribution in [0.2, 0.25) is 0 Å². The van der Waals surface area contributed by atoms with E-state index in [1.807, 2.05) is 19.1 Å². The molecule has 0 saturated heterocycles. The van der Waals surface area contributed by atoms with Gasteiger partial charge in [0.15, 0.2) is 5.82 Å². The van der Waals surface area contributed by atoms with Crippen LogP contribution in [0.15, 0.2) is 24.3 Å². The first-order valence-electron chi connectivity index (χ1n) is 6.87. The van der Waals surface area contributed by atoms with Crippen molar-refractivity contribution in [3.8, 4) is 11.8 Å². The molecule has 0 unspecified atom stereocenters. The van der Waals surface area contributed by atoms with Crippen LogP contribution in [0.4, 0.5) is 5.82 Å². The standard InChI is InChI=1S/C16H18N4O2/c1-10-11(2)19-20-16(13(10)8-17)18-9-14(21)12-6-4-5-7-15(12)22-3/h4-7,14,21H,9H2,1-3H3,(H,18,20)/t14-/m0/s1. The van der Waals surface area contributed by atoms with E-state index < -0.39 is 6.10 Å². The van der Waals surface area contributed by atoms with Crippen molar-refractivity contribution >= 4 is 5.82 Å². The quantitative estimate of drug-likeness (QED) is 0.878. The molecule has 0 amide bonds. The summed E-state index contributed by atoms with van der Waals surface area (Å²) in [4.78, 5) is 0. The van der Waals surface area contributed by atoms with Crippen LogP contribution in [0.5, 0.6) is 5.75 Å². The minimum Gasteiger partial charge on any atom is -0.496 e. The summed E-state index contributed by atoms with van der Waals surface area (Å²) >= 11 is 0. The van der Waals surface area contributed by atoms with Gasteiger partial charge in [0.2, 0.25) is 0 Å². The number of nitrogens with zero attached hydrogens (tertiary/aromatic N) is 3. The Labute approximate surface area is 129 Å². The highest BCUT2D eigenvalue weighted by molar-refractivity contribution is 5.56. The van der Waals surface area contributed by atoms with E-state index in [4.69, 9.17) is 4.74 Å². The Bertz CT molecular complexity index is 710. The summed E-state index contributed by atoms with van der Waals surface area (Å²) in [5.41, 5.74) is 2.62. The topological polar surface area (TPSA) is 91.1 Å².